The van der Waals surface area contributed by atoms with Crippen LogP contribution in [0.25, 0.3) is 22.0 Å². The summed E-state index contributed by atoms with van der Waals surface area (Å²) in [4.78, 5) is 27.2. The lowest BCUT2D eigenvalue weighted by Gasteiger charge is -2.26. The van der Waals surface area contributed by atoms with Crippen molar-refractivity contribution >= 4 is 28.3 Å². The third kappa shape index (κ3) is 5.06. The Morgan fingerprint density at radius 2 is 1.76 bits per heavy atom. The summed E-state index contributed by atoms with van der Waals surface area (Å²) < 4.78 is 0. The number of nitrogens with zero attached hydrogens (tertiary/aromatic N) is 5. The Hall–Kier alpha value is -3.78. The molecule has 5 heterocycles. The number of pyridine rings is 2. The van der Waals surface area contributed by atoms with Crippen molar-refractivity contribution < 1.29 is 4.79 Å². The molecule has 0 aliphatic carbocycles. The third-order valence-corrected chi connectivity index (χ3v) is 7.48. The topological polar surface area (TPSA) is 90.0 Å². The summed E-state index contributed by atoms with van der Waals surface area (Å²) in [6.07, 6.45) is 11.9. The van der Waals surface area contributed by atoms with Crippen LogP contribution in [-0.4, -0.2) is 57.2 Å². The van der Waals surface area contributed by atoms with Gasteiger partial charge in [-0.1, -0.05) is 12.5 Å². The second kappa shape index (κ2) is 10.3. The number of amides is 1. The minimum absolute atomic E-state index is 0.254. The van der Waals surface area contributed by atoms with Crippen LogP contribution in [0.3, 0.4) is 0 Å². The molecule has 6 rings (SSSR count). The van der Waals surface area contributed by atoms with E-state index in [0.29, 0.717) is 11.4 Å². The molecule has 1 amide bonds. The number of piperidine rings is 1. The number of carbonyl (C=O) groups excluding carboxylic acids is 1. The first-order valence-corrected chi connectivity index (χ1v) is 13.3. The molecule has 2 fully saturated rings. The quantitative estimate of drug-likeness (QED) is 0.384. The number of hydrogen-bond acceptors (Lipinski definition) is 6. The number of hydrogen-bond donors (Lipinski definition) is 2. The number of aromatic amines is 1. The first kappa shape index (κ1) is 23.6. The lowest BCUT2D eigenvalue weighted by atomic mass is 10.0. The number of anilines is 2. The number of benzene rings is 1. The van der Waals surface area contributed by atoms with Crippen molar-refractivity contribution in [2.45, 2.75) is 45.6 Å². The minimum Gasteiger partial charge on any atom is -0.356 e. The van der Waals surface area contributed by atoms with Gasteiger partial charge < -0.3 is 10.2 Å². The number of carbonyl (C=O) groups is 1. The van der Waals surface area contributed by atoms with E-state index in [2.05, 4.69) is 41.3 Å². The average molecular weight is 496 g/mol. The highest BCUT2D eigenvalue weighted by Crippen LogP contribution is 2.28. The maximum absolute atomic E-state index is 13.2. The van der Waals surface area contributed by atoms with Gasteiger partial charge in [-0.25, -0.2) is 4.98 Å². The Bertz CT molecular complexity index is 1420. The molecular weight excluding hydrogens is 462 g/mol. The average Bonchev–Trinajstić information content (AvgIpc) is 3.60. The fourth-order valence-corrected chi connectivity index (χ4v) is 5.56. The van der Waals surface area contributed by atoms with Gasteiger partial charge in [0.2, 0.25) is 0 Å². The number of rotatable bonds is 6. The zero-order chi connectivity index (χ0) is 25.2. The molecule has 0 unspecified atom stereocenters. The van der Waals surface area contributed by atoms with Gasteiger partial charge >= 0.3 is 0 Å². The lowest BCUT2D eigenvalue weighted by molar-refractivity contribution is 0.102. The molecule has 2 aliphatic heterocycles. The summed E-state index contributed by atoms with van der Waals surface area (Å²) >= 11 is 0. The Labute approximate surface area is 217 Å². The summed E-state index contributed by atoms with van der Waals surface area (Å²) in [5, 5.41) is 11.1. The van der Waals surface area contributed by atoms with Crippen LogP contribution in [0.15, 0.2) is 48.9 Å². The van der Waals surface area contributed by atoms with Crippen molar-refractivity contribution in [3.63, 3.8) is 0 Å². The van der Waals surface area contributed by atoms with Crippen molar-refractivity contribution in [2.75, 3.05) is 36.4 Å². The van der Waals surface area contributed by atoms with Crippen molar-refractivity contribution in [3.05, 3.63) is 65.7 Å². The molecule has 37 heavy (non-hydrogen) atoms. The van der Waals surface area contributed by atoms with E-state index in [1.807, 2.05) is 43.6 Å². The monoisotopic (exact) mass is 495 g/mol. The molecule has 8 heteroatoms. The summed E-state index contributed by atoms with van der Waals surface area (Å²) in [5.74, 6) is 0.747. The number of H-pyrrole nitrogens is 1. The van der Waals surface area contributed by atoms with Gasteiger partial charge in [0.25, 0.3) is 5.91 Å². The highest BCUT2D eigenvalue weighted by Gasteiger charge is 2.19. The number of fused-ring (bicyclic) bond motifs is 1. The van der Waals surface area contributed by atoms with Gasteiger partial charge in [0.1, 0.15) is 5.82 Å². The Morgan fingerprint density at radius 1 is 0.946 bits per heavy atom. The van der Waals surface area contributed by atoms with Gasteiger partial charge in [0.15, 0.2) is 5.69 Å². The van der Waals surface area contributed by atoms with E-state index in [0.717, 1.165) is 66.1 Å². The van der Waals surface area contributed by atoms with Gasteiger partial charge in [-0.15, -0.1) is 0 Å². The van der Waals surface area contributed by atoms with Gasteiger partial charge in [0, 0.05) is 43.0 Å². The molecular formula is C29H33N7O. The molecule has 190 valence electrons. The molecule has 8 nitrogen and oxygen atoms in total. The second-order valence-electron chi connectivity index (χ2n) is 10.3. The summed E-state index contributed by atoms with van der Waals surface area (Å²) in [5.41, 5.74) is 6.20. The fourth-order valence-electron chi connectivity index (χ4n) is 5.56. The van der Waals surface area contributed by atoms with E-state index >= 15 is 0 Å². The molecule has 0 bridgehead atoms. The summed E-state index contributed by atoms with van der Waals surface area (Å²) in [6, 6.07) is 10.2. The molecule has 0 atom stereocenters. The number of aromatic nitrogens is 4. The molecule has 2 aliphatic rings. The van der Waals surface area contributed by atoms with Crippen LogP contribution in [0.5, 0.6) is 0 Å². The Balaban J connectivity index is 1.22. The SMILES string of the molecule is Cc1cc(NC(=O)c2n[nH]c3ccc(-c4cncc(CN5CCCCC5)c4)cc23)cnc1N1CCCC1. The lowest BCUT2D eigenvalue weighted by Crippen LogP contribution is -2.29. The van der Waals surface area contributed by atoms with E-state index in [1.165, 1.54) is 37.7 Å². The van der Waals surface area contributed by atoms with Crippen LogP contribution in [0.4, 0.5) is 11.5 Å². The molecule has 1 aromatic carbocycles. The van der Waals surface area contributed by atoms with Crippen LogP contribution in [-0.2, 0) is 6.54 Å². The predicted molar refractivity (Wildman–Crippen MR) is 147 cm³/mol. The van der Waals surface area contributed by atoms with Crippen molar-refractivity contribution in [2.24, 2.45) is 0 Å². The normalized spacial score (nSPS) is 16.4. The van der Waals surface area contributed by atoms with Gasteiger partial charge in [-0.3, -0.25) is 19.8 Å². The third-order valence-electron chi connectivity index (χ3n) is 7.48. The van der Waals surface area contributed by atoms with E-state index in [4.69, 9.17) is 0 Å². The zero-order valence-electron chi connectivity index (χ0n) is 21.3. The van der Waals surface area contributed by atoms with E-state index in [9.17, 15) is 4.79 Å². The van der Waals surface area contributed by atoms with Crippen LogP contribution < -0.4 is 10.2 Å². The van der Waals surface area contributed by atoms with E-state index in [-0.39, 0.29) is 5.91 Å². The van der Waals surface area contributed by atoms with Crippen LogP contribution in [0, 0.1) is 6.92 Å². The molecule has 2 N–H and O–H groups in total. The zero-order valence-corrected chi connectivity index (χ0v) is 21.3. The first-order valence-electron chi connectivity index (χ1n) is 13.3. The molecule has 0 saturated carbocycles. The minimum atomic E-state index is -0.254. The highest BCUT2D eigenvalue weighted by molar-refractivity contribution is 6.11. The van der Waals surface area contributed by atoms with Crippen LogP contribution in [0.2, 0.25) is 0 Å². The smallest absolute Gasteiger partial charge is 0.276 e. The van der Waals surface area contributed by atoms with Crippen molar-refractivity contribution in [1.29, 1.82) is 0 Å². The standard InChI is InChI=1S/C29H33N7O/c1-20-13-24(18-31-28(20)36-11-5-6-12-36)32-29(37)27-25-15-22(7-8-26(25)33-34-27)23-14-21(16-30-17-23)19-35-9-3-2-4-10-35/h7-8,13-18H,2-6,9-12,19H2,1H3,(H,32,37)(H,33,34). The number of aryl methyl sites for hydroxylation is 1. The molecule has 3 aromatic heterocycles. The van der Waals surface area contributed by atoms with Gasteiger partial charge in [0.05, 0.1) is 17.4 Å². The van der Waals surface area contributed by atoms with Crippen molar-refractivity contribution in [3.8, 4) is 11.1 Å². The van der Waals surface area contributed by atoms with Crippen LogP contribution >= 0.6 is 0 Å². The predicted octanol–water partition coefficient (Wildman–Crippen LogP) is 5.17. The van der Waals surface area contributed by atoms with Crippen molar-refractivity contribution in [1.82, 2.24) is 25.1 Å². The number of nitrogens with one attached hydrogen (secondary N) is 2. The Morgan fingerprint density at radius 3 is 2.57 bits per heavy atom. The molecule has 0 radical (unpaired) electrons. The Kier molecular flexibility index (Phi) is 6.57. The largest absolute Gasteiger partial charge is 0.356 e. The number of likely N-dealkylation sites (tertiary alicyclic amines) is 1. The second-order valence-corrected chi connectivity index (χ2v) is 10.3. The highest BCUT2D eigenvalue weighted by atomic mass is 16.1. The molecule has 2 saturated heterocycles. The molecule has 0 spiro atoms. The molecule has 4 aromatic rings. The van der Waals surface area contributed by atoms with Gasteiger partial charge in [-0.05, 0) is 86.7 Å². The first-order chi connectivity index (χ1) is 18.1. The van der Waals surface area contributed by atoms with Gasteiger partial charge in [-0.2, -0.15) is 5.10 Å². The van der Waals surface area contributed by atoms with E-state index in [1.54, 1.807) is 6.20 Å². The van der Waals surface area contributed by atoms with E-state index < -0.39 is 0 Å². The summed E-state index contributed by atoms with van der Waals surface area (Å²) in [7, 11) is 0. The maximum Gasteiger partial charge on any atom is 0.276 e. The van der Waals surface area contributed by atoms with Crippen LogP contribution in [0.1, 0.15) is 53.7 Å². The fraction of sp³-hybridized carbons (Fsp3) is 0.379. The maximum atomic E-state index is 13.2. The summed E-state index contributed by atoms with van der Waals surface area (Å²) in [6.45, 7) is 7.35.